The van der Waals surface area contributed by atoms with Crippen molar-refractivity contribution in [2.75, 3.05) is 6.61 Å². The molecule has 6 heteroatoms. The number of carbonyl (C=O) groups is 2. The van der Waals surface area contributed by atoms with Crippen LogP contribution < -0.4 is 5.32 Å². The van der Waals surface area contributed by atoms with Crippen LogP contribution in [0.4, 0.5) is 0 Å². The van der Waals surface area contributed by atoms with Crippen molar-refractivity contribution in [2.24, 2.45) is 0 Å². The first-order chi connectivity index (χ1) is 30.5. The van der Waals surface area contributed by atoms with Gasteiger partial charge >= 0.3 is 5.97 Å². The van der Waals surface area contributed by atoms with Crippen molar-refractivity contribution in [3.63, 3.8) is 0 Å². The van der Waals surface area contributed by atoms with Gasteiger partial charge in [-0.15, -0.1) is 0 Å². The van der Waals surface area contributed by atoms with Crippen molar-refractivity contribution in [3.05, 3.63) is 60.8 Å². The molecule has 62 heavy (non-hydrogen) atoms. The van der Waals surface area contributed by atoms with Crippen LogP contribution in [0.15, 0.2) is 60.8 Å². The van der Waals surface area contributed by atoms with E-state index >= 15 is 0 Å². The van der Waals surface area contributed by atoms with Crippen LogP contribution in [-0.4, -0.2) is 46.9 Å². The molecule has 3 unspecified atom stereocenters. The average molecular weight is 868 g/mol. The van der Waals surface area contributed by atoms with Gasteiger partial charge in [-0.25, -0.2) is 0 Å². The summed E-state index contributed by atoms with van der Waals surface area (Å²) in [5, 5.41) is 23.7. The van der Waals surface area contributed by atoms with Gasteiger partial charge in [0.1, 0.15) is 6.10 Å². The lowest BCUT2D eigenvalue weighted by atomic mass is 10.0. The molecule has 0 aliphatic heterocycles. The molecule has 0 aromatic carbocycles. The number of amides is 1. The van der Waals surface area contributed by atoms with Crippen LogP contribution in [0.2, 0.25) is 0 Å². The van der Waals surface area contributed by atoms with E-state index in [1.165, 1.54) is 116 Å². The zero-order chi connectivity index (χ0) is 45.2. The highest BCUT2D eigenvalue weighted by Crippen LogP contribution is 2.17. The Kier molecular flexibility index (Phi) is 47.6. The summed E-state index contributed by atoms with van der Waals surface area (Å²) < 4.78 is 5.93. The number of allylic oxidation sites excluding steroid dienone is 10. The third-order valence-electron chi connectivity index (χ3n) is 11.8. The van der Waals surface area contributed by atoms with Crippen molar-refractivity contribution < 1.29 is 24.5 Å². The van der Waals surface area contributed by atoms with Crippen molar-refractivity contribution in [3.8, 4) is 0 Å². The molecule has 3 N–H and O–H groups in total. The molecule has 0 aromatic rings. The highest BCUT2D eigenvalue weighted by atomic mass is 16.5. The predicted molar refractivity (Wildman–Crippen MR) is 268 cm³/mol. The Morgan fingerprint density at radius 3 is 1.27 bits per heavy atom. The largest absolute Gasteiger partial charge is 0.462 e. The fourth-order valence-corrected chi connectivity index (χ4v) is 7.76. The Labute approximate surface area is 384 Å². The van der Waals surface area contributed by atoms with Gasteiger partial charge in [-0.2, -0.15) is 0 Å². The number of nitrogens with one attached hydrogen (secondary N) is 1. The van der Waals surface area contributed by atoms with Crippen LogP contribution in [-0.2, 0) is 14.3 Å². The summed E-state index contributed by atoms with van der Waals surface area (Å²) in [6.45, 7) is 6.41. The lowest BCUT2D eigenvalue weighted by Gasteiger charge is -2.24. The maximum atomic E-state index is 13.2. The van der Waals surface area contributed by atoms with Gasteiger partial charge in [0.2, 0.25) is 5.91 Å². The quantitative estimate of drug-likeness (QED) is 0.0322. The first-order valence-corrected chi connectivity index (χ1v) is 26.5. The molecule has 6 nitrogen and oxygen atoms in total. The van der Waals surface area contributed by atoms with E-state index in [0.29, 0.717) is 19.3 Å². The fourth-order valence-electron chi connectivity index (χ4n) is 7.76. The predicted octanol–water partition coefficient (Wildman–Crippen LogP) is 16.0. The van der Waals surface area contributed by atoms with Gasteiger partial charge in [0.15, 0.2) is 0 Å². The molecule has 0 aliphatic rings. The summed E-state index contributed by atoms with van der Waals surface area (Å²) in [7, 11) is 0. The number of aliphatic hydroxyl groups excluding tert-OH is 2. The monoisotopic (exact) mass is 868 g/mol. The Balaban J connectivity index is 4.63. The molecule has 0 bridgehead atoms. The first-order valence-electron chi connectivity index (χ1n) is 26.5. The summed E-state index contributed by atoms with van der Waals surface area (Å²) in [4.78, 5) is 26.2. The molecular weight excluding hydrogens is 767 g/mol. The number of aliphatic hydroxyl groups is 2. The molecule has 3 atom stereocenters. The molecule has 0 saturated carbocycles. The minimum atomic E-state index is -0.794. The summed E-state index contributed by atoms with van der Waals surface area (Å²) in [5.41, 5.74) is 0. The normalized spacial score (nSPS) is 13.7. The maximum Gasteiger partial charge on any atom is 0.306 e. The average Bonchev–Trinajstić information content (AvgIpc) is 3.26. The van der Waals surface area contributed by atoms with E-state index in [1.54, 1.807) is 0 Å². The molecule has 1 amide bonds. The van der Waals surface area contributed by atoms with Crippen LogP contribution >= 0.6 is 0 Å². The van der Waals surface area contributed by atoms with Gasteiger partial charge in [0, 0.05) is 6.42 Å². The fraction of sp³-hybridized carbons (Fsp3) is 0.786. The summed E-state index contributed by atoms with van der Waals surface area (Å²) in [6.07, 6.45) is 61.3. The van der Waals surface area contributed by atoms with Crippen molar-refractivity contribution in [1.29, 1.82) is 0 Å². The van der Waals surface area contributed by atoms with E-state index in [0.717, 1.165) is 96.3 Å². The highest BCUT2D eigenvalue weighted by molar-refractivity contribution is 5.77. The molecule has 360 valence electrons. The van der Waals surface area contributed by atoms with Crippen LogP contribution in [0.5, 0.6) is 0 Å². The smallest absolute Gasteiger partial charge is 0.306 e. The van der Waals surface area contributed by atoms with E-state index in [2.05, 4.69) is 86.8 Å². The van der Waals surface area contributed by atoms with Crippen LogP contribution in [0.1, 0.15) is 258 Å². The highest BCUT2D eigenvalue weighted by Gasteiger charge is 2.24. The van der Waals surface area contributed by atoms with E-state index in [1.807, 2.05) is 0 Å². The second kappa shape index (κ2) is 49.6. The number of hydrogen-bond donors (Lipinski definition) is 3. The Morgan fingerprint density at radius 1 is 0.468 bits per heavy atom. The number of rotatable bonds is 47. The summed E-state index contributed by atoms with van der Waals surface area (Å²) >= 11 is 0. The molecule has 0 rings (SSSR count). The van der Waals surface area contributed by atoms with Gasteiger partial charge in [-0.1, -0.05) is 210 Å². The van der Waals surface area contributed by atoms with Gasteiger partial charge in [-0.05, 0) is 96.3 Å². The van der Waals surface area contributed by atoms with E-state index in [-0.39, 0.29) is 24.9 Å². The molecule has 0 saturated heterocycles. The van der Waals surface area contributed by atoms with Gasteiger partial charge in [-0.3, -0.25) is 9.59 Å². The Bertz CT molecular complexity index is 1110. The van der Waals surface area contributed by atoms with Gasteiger partial charge in [0.05, 0.1) is 25.2 Å². The molecule has 0 aromatic heterocycles. The molecule has 0 aliphatic carbocycles. The lowest BCUT2D eigenvalue weighted by molar-refractivity contribution is -0.151. The molecule has 0 heterocycles. The maximum absolute atomic E-state index is 13.2. The first kappa shape index (κ1) is 59.6. The van der Waals surface area contributed by atoms with Gasteiger partial charge in [0.25, 0.3) is 0 Å². The minimum absolute atomic E-state index is 0.0619. The number of hydrogen-bond acceptors (Lipinski definition) is 5. The second-order valence-electron chi connectivity index (χ2n) is 17.9. The Hall–Kier alpha value is -2.44. The third-order valence-corrected chi connectivity index (χ3v) is 11.8. The minimum Gasteiger partial charge on any atom is -0.462 e. The van der Waals surface area contributed by atoms with Crippen LogP contribution in [0.3, 0.4) is 0 Å². The van der Waals surface area contributed by atoms with E-state index in [4.69, 9.17) is 4.74 Å². The topological polar surface area (TPSA) is 95.9 Å². The zero-order valence-corrected chi connectivity index (χ0v) is 41.0. The second-order valence-corrected chi connectivity index (χ2v) is 17.9. The summed E-state index contributed by atoms with van der Waals surface area (Å²) in [6, 6.07) is -0.709. The zero-order valence-electron chi connectivity index (χ0n) is 41.0. The van der Waals surface area contributed by atoms with E-state index in [9.17, 15) is 19.8 Å². The van der Waals surface area contributed by atoms with Crippen molar-refractivity contribution in [2.45, 2.75) is 277 Å². The van der Waals surface area contributed by atoms with Crippen molar-refractivity contribution >= 4 is 11.9 Å². The summed E-state index contributed by atoms with van der Waals surface area (Å²) in [5.74, 6) is -0.505. The SMILES string of the molecule is CCCCC/C=C\C/C=C\C/C=C\CCCCCCC(=O)OC(CCCCCCCCC/C=C\C/C=C\CCCCC)CC(=O)NC(CO)C(O)CCCCCCCCCCC. The molecule has 0 radical (unpaired) electrons. The van der Waals surface area contributed by atoms with Crippen LogP contribution in [0, 0.1) is 0 Å². The molecule has 0 fully saturated rings. The number of ether oxygens (including phenoxy) is 1. The van der Waals surface area contributed by atoms with Crippen molar-refractivity contribution in [1.82, 2.24) is 5.32 Å². The molecule has 0 spiro atoms. The lowest BCUT2D eigenvalue weighted by Crippen LogP contribution is -2.46. The van der Waals surface area contributed by atoms with Gasteiger partial charge < -0.3 is 20.3 Å². The Morgan fingerprint density at radius 2 is 0.823 bits per heavy atom. The number of carbonyl (C=O) groups excluding carboxylic acids is 2. The standard InChI is InChI=1S/C56H101NO5/c1-4-7-10-13-16-19-21-23-25-27-29-31-33-36-38-41-44-47-52(50-55(60)57-53(51-58)54(59)48-45-42-39-35-18-15-12-9-6-3)62-56(61)49-46-43-40-37-34-32-30-28-26-24-22-20-17-14-11-8-5-2/h16-17,19-20,23-26,30,32,52-54,58-59H,4-15,18,21-22,27-29,31,33-51H2,1-3H3,(H,57,60)/b19-16-,20-17-,25-23-,26-24-,32-30-. The number of esters is 1. The third kappa shape index (κ3) is 44.2. The molecular formula is C56H101NO5. The number of unbranched alkanes of at least 4 members (excludes halogenated alkanes) is 25. The van der Waals surface area contributed by atoms with Crippen LogP contribution in [0.25, 0.3) is 0 Å². The van der Waals surface area contributed by atoms with E-state index < -0.39 is 18.2 Å².